The van der Waals surface area contributed by atoms with Gasteiger partial charge in [-0.05, 0) is 58.3 Å². The van der Waals surface area contributed by atoms with Crippen LogP contribution >= 0.6 is 0 Å². The number of rotatable bonds is 6. The topological polar surface area (TPSA) is 44.0 Å². The normalized spacial score (nSPS) is 20.1. The monoisotopic (exact) mass is 250 g/mol. The van der Waals surface area contributed by atoms with Gasteiger partial charge in [-0.3, -0.25) is 5.10 Å². The summed E-state index contributed by atoms with van der Waals surface area (Å²) in [7, 11) is 0. The Morgan fingerprint density at radius 2 is 2.28 bits per heavy atom. The van der Waals surface area contributed by atoms with Crippen LogP contribution in [0.15, 0.2) is 12.4 Å². The third kappa shape index (κ3) is 4.10. The van der Waals surface area contributed by atoms with Gasteiger partial charge in [-0.15, -0.1) is 0 Å². The fraction of sp³-hybridized carbons (Fsp3) is 0.786. The predicted octanol–water partition coefficient (Wildman–Crippen LogP) is 2.18. The SMILES string of the molecule is CC1CCN(CCCNC(C)c2cn[nH]c2)CC1. The summed E-state index contributed by atoms with van der Waals surface area (Å²) in [6, 6.07) is 0.394. The van der Waals surface area contributed by atoms with Crippen molar-refractivity contribution in [2.75, 3.05) is 26.2 Å². The second kappa shape index (κ2) is 6.90. The summed E-state index contributed by atoms with van der Waals surface area (Å²) in [4.78, 5) is 2.60. The minimum absolute atomic E-state index is 0.394. The third-order valence-electron chi connectivity index (χ3n) is 4.00. The number of H-pyrrole nitrogens is 1. The standard InChI is InChI=1S/C14H26N4/c1-12-4-8-18(9-5-12)7-3-6-15-13(2)14-10-16-17-11-14/h10-13,15H,3-9H2,1-2H3,(H,16,17). The molecule has 2 rings (SSSR count). The molecule has 4 nitrogen and oxygen atoms in total. The molecule has 1 fully saturated rings. The lowest BCUT2D eigenvalue weighted by atomic mass is 9.99. The van der Waals surface area contributed by atoms with Gasteiger partial charge in [0.1, 0.15) is 0 Å². The van der Waals surface area contributed by atoms with Crippen molar-refractivity contribution in [2.24, 2.45) is 5.92 Å². The Morgan fingerprint density at radius 3 is 2.94 bits per heavy atom. The molecular formula is C14H26N4. The van der Waals surface area contributed by atoms with Crippen molar-refractivity contribution < 1.29 is 0 Å². The zero-order valence-corrected chi connectivity index (χ0v) is 11.7. The first-order chi connectivity index (χ1) is 8.75. The van der Waals surface area contributed by atoms with Crippen molar-refractivity contribution in [3.8, 4) is 0 Å². The van der Waals surface area contributed by atoms with Crippen LogP contribution in [-0.2, 0) is 0 Å². The first-order valence-corrected chi connectivity index (χ1v) is 7.20. The highest BCUT2D eigenvalue weighted by molar-refractivity contribution is 5.07. The highest BCUT2D eigenvalue weighted by Crippen LogP contribution is 2.15. The molecule has 0 aliphatic carbocycles. The summed E-state index contributed by atoms with van der Waals surface area (Å²) in [5, 5.41) is 10.4. The molecule has 0 spiro atoms. The molecule has 0 amide bonds. The molecule has 1 aliphatic rings. The van der Waals surface area contributed by atoms with Gasteiger partial charge >= 0.3 is 0 Å². The number of nitrogens with zero attached hydrogens (tertiary/aromatic N) is 2. The van der Waals surface area contributed by atoms with Crippen molar-refractivity contribution in [1.82, 2.24) is 20.4 Å². The average molecular weight is 250 g/mol. The number of likely N-dealkylation sites (tertiary alicyclic amines) is 1. The number of hydrogen-bond acceptors (Lipinski definition) is 3. The minimum Gasteiger partial charge on any atom is -0.310 e. The number of hydrogen-bond donors (Lipinski definition) is 2. The lowest BCUT2D eigenvalue weighted by Gasteiger charge is -2.30. The Hall–Kier alpha value is -0.870. The van der Waals surface area contributed by atoms with Crippen molar-refractivity contribution in [1.29, 1.82) is 0 Å². The Balaban J connectivity index is 1.56. The molecule has 1 atom stereocenters. The summed E-state index contributed by atoms with van der Waals surface area (Å²) in [5.41, 5.74) is 1.24. The van der Waals surface area contributed by atoms with Gasteiger partial charge in [-0.25, -0.2) is 0 Å². The van der Waals surface area contributed by atoms with Crippen LogP contribution in [0.4, 0.5) is 0 Å². The Kier molecular flexibility index (Phi) is 5.20. The molecule has 2 heterocycles. The van der Waals surface area contributed by atoms with E-state index in [1.54, 1.807) is 0 Å². The highest BCUT2D eigenvalue weighted by Gasteiger charge is 2.14. The van der Waals surface area contributed by atoms with Crippen LogP contribution in [0.5, 0.6) is 0 Å². The van der Waals surface area contributed by atoms with E-state index in [4.69, 9.17) is 0 Å². The molecule has 0 bridgehead atoms. The van der Waals surface area contributed by atoms with E-state index in [9.17, 15) is 0 Å². The quantitative estimate of drug-likeness (QED) is 0.761. The maximum absolute atomic E-state index is 3.98. The molecule has 2 N–H and O–H groups in total. The largest absolute Gasteiger partial charge is 0.310 e. The zero-order valence-electron chi connectivity index (χ0n) is 11.7. The maximum atomic E-state index is 3.98. The first kappa shape index (κ1) is 13.6. The first-order valence-electron chi connectivity index (χ1n) is 7.20. The fourth-order valence-corrected chi connectivity index (χ4v) is 2.52. The van der Waals surface area contributed by atoms with E-state index >= 15 is 0 Å². The zero-order chi connectivity index (χ0) is 12.8. The van der Waals surface area contributed by atoms with E-state index in [1.807, 2.05) is 12.4 Å². The van der Waals surface area contributed by atoms with Crippen LogP contribution < -0.4 is 5.32 Å². The molecule has 0 saturated carbocycles. The molecule has 0 radical (unpaired) electrons. The molecular weight excluding hydrogens is 224 g/mol. The van der Waals surface area contributed by atoms with E-state index < -0.39 is 0 Å². The molecule has 18 heavy (non-hydrogen) atoms. The third-order valence-corrected chi connectivity index (χ3v) is 4.00. The molecule has 0 aromatic carbocycles. The van der Waals surface area contributed by atoms with Crippen LogP contribution in [-0.4, -0.2) is 41.3 Å². The minimum atomic E-state index is 0.394. The molecule has 1 aromatic heterocycles. The van der Waals surface area contributed by atoms with Crippen LogP contribution in [0.2, 0.25) is 0 Å². The summed E-state index contributed by atoms with van der Waals surface area (Å²) < 4.78 is 0. The number of aromatic amines is 1. The van der Waals surface area contributed by atoms with Gasteiger partial charge in [0.05, 0.1) is 6.20 Å². The van der Waals surface area contributed by atoms with Gasteiger partial charge in [0.15, 0.2) is 0 Å². The highest BCUT2D eigenvalue weighted by atomic mass is 15.1. The van der Waals surface area contributed by atoms with Gasteiger partial charge in [0.2, 0.25) is 0 Å². The van der Waals surface area contributed by atoms with E-state index in [0.717, 1.165) is 12.5 Å². The summed E-state index contributed by atoms with van der Waals surface area (Å²) >= 11 is 0. The van der Waals surface area contributed by atoms with Crippen molar-refractivity contribution in [3.05, 3.63) is 18.0 Å². The maximum Gasteiger partial charge on any atom is 0.0534 e. The van der Waals surface area contributed by atoms with E-state index in [0.29, 0.717) is 6.04 Å². The van der Waals surface area contributed by atoms with Crippen LogP contribution in [0.3, 0.4) is 0 Å². The predicted molar refractivity (Wildman–Crippen MR) is 74.5 cm³/mol. The lowest BCUT2D eigenvalue weighted by molar-refractivity contribution is 0.190. The molecule has 102 valence electrons. The van der Waals surface area contributed by atoms with E-state index in [2.05, 4.69) is 34.3 Å². The van der Waals surface area contributed by atoms with Crippen molar-refractivity contribution >= 4 is 0 Å². The van der Waals surface area contributed by atoms with E-state index in [1.165, 1.54) is 44.5 Å². The van der Waals surface area contributed by atoms with Crippen LogP contribution in [0.1, 0.15) is 44.7 Å². The molecule has 1 unspecified atom stereocenters. The number of aromatic nitrogens is 2. The van der Waals surface area contributed by atoms with Crippen molar-refractivity contribution in [3.63, 3.8) is 0 Å². The Morgan fingerprint density at radius 1 is 1.50 bits per heavy atom. The second-order valence-corrected chi connectivity index (χ2v) is 5.59. The molecule has 1 saturated heterocycles. The molecule has 1 aromatic rings. The van der Waals surface area contributed by atoms with E-state index in [-0.39, 0.29) is 0 Å². The summed E-state index contributed by atoms with van der Waals surface area (Å²) in [5.74, 6) is 0.931. The Labute approximate surface area is 110 Å². The Bertz CT molecular complexity index is 315. The number of piperidine rings is 1. The van der Waals surface area contributed by atoms with Gasteiger partial charge in [-0.2, -0.15) is 5.10 Å². The van der Waals surface area contributed by atoms with Gasteiger partial charge in [-0.1, -0.05) is 6.92 Å². The average Bonchev–Trinajstić information content (AvgIpc) is 2.90. The number of nitrogens with one attached hydrogen (secondary N) is 2. The van der Waals surface area contributed by atoms with Crippen molar-refractivity contribution in [2.45, 2.75) is 39.2 Å². The molecule has 4 heteroatoms. The second-order valence-electron chi connectivity index (χ2n) is 5.59. The summed E-state index contributed by atoms with van der Waals surface area (Å²) in [6.45, 7) is 9.45. The van der Waals surface area contributed by atoms with Crippen LogP contribution in [0, 0.1) is 5.92 Å². The van der Waals surface area contributed by atoms with Gasteiger partial charge in [0.25, 0.3) is 0 Å². The fourth-order valence-electron chi connectivity index (χ4n) is 2.52. The summed E-state index contributed by atoms with van der Waals surface area (Å²) in [6.07, 6.45) is 7.83. The molecule has 1 aliphatic heterocycles. The smallest absolute Gasteiger partial charge is 0.0534 e. The van der Waals surface area contributed by atoms with Gasteiger partial charge < -0.3 is 10.2 Å². The van der Waals surface area contributed by atoms with Gasteiger partial charge in [0, 0.05) is 17.8 Å². The van der Waals surface area contributed by atoms with Crippen LogP contribution in [0.25, 0.3) is 0 Å². The lowest BCUT2D eigenvalue weighted by Crippen LogP contribution is -2.35.